The Morgan fingerprint density at radius 3 is 2.43 bits per heavy atom. The standard InChI is InChI=1S/C19H25NO2.ClH/c21-13-6-2-5-12-20-15-18-10-7-11-19(14-18)22-16-17-8-3-1-4-9-17;/h1,3-4,7-11,14,20-21H,2,5-6,12-13,15-16H2;1H. The van der Waals surface area contributed by atoms with Crippen molar-refractivity contribution in [2.45, 2.75) is 32.4 Å². The third-order valence-electron chi connectivity index (χ3n) is 3.49. The Kier molecular flexibility index (Phi) is 10.1. The highest BCUT2D eigenvalue weighted by Gasteiger charge is 1.98. The molecule has 2 aromatic rings. The smallest absolute Gasteiger partial charge is 0.120 e. The van der Waals surface area contributed by atoms with E-state index in [4.69, 9.17) is 9.84 Å². The number of nitrogens with one attached hydrogen (secondary N) is 1. The molecule has 0 aliphatic heterocycles. The fourth-order valence-corrected chi connectivity index (χ4v) is 2.26. The topological polar surface area (TPSA) is 41.5 Å². The number of ether oxygens (including phenoxy) is 1. The van der Waals surface area contributed by atoms with Crippen molar-refractivity contribution in [3.05, 3.63) is 65.7 Å². The Bertz CT molecular complexity index is 534. The van der Waals surface area contributed by atoms with Gasteiger partial charge in [0.25, 0.3) is 0 Å². The maximum absolute atomic E-state index is 8.73. The number of aliphatic hydroxyl groups excluding tert-OH is 1. The molecule has 0 heterocycles. The summed E-state index contributed by atoms with van der Waals surface area (Å²) in [4.78, 5) is 0. The summed E-state index contributed by atoms with van der Waals surface area (Å²) >= 11 is 0. The van der Waals surface area contributed by atoms with Crippen LogP contribution in [-0.4, -0.2) is 18.3 Å². The number of hydrogen-bond acceptors (Lipinski definition) is 3. The number of unbranched alkanes of at least 4 members (excludes halogenated alkanes) is 2. The Morgan fingerprint density at radius 2 is 1.65 bits per heavy atom. The van der Waals surface area contributed by atoms with Gasteiger partial charge < -0.3 is 15.2 Å². The van der Waals surface area contributed by atoms with Crippen LogP contribution in [0.3, 0.4) is 0 Å². The molecule has 4 heteroatoms. The van der Waals surface area contributed by atoms with E-state index in [1.165, 1.54) is 11.1 Å². The lowest BCUT2D eigenvalue weighted by Gasteiger charge is -2.09. The van der Waals surface area contributed by atoms with Crippen LogP contribution in [0.4, 0.5) is 0 Å². The molecule has 0 atom stereocenters. The lowest BCUT2D eigenvalue weighted by molar-refractivity contribution is 0.283. The van der Waals surface area contributed by atoms with Crippen molar-refractivity contribution in [1.29, 1.82) is 0 Å². The van der Waals surface area contributed by atoms with Crippen LogP contribution in [0.2, 0.25) is 0 Å². The van der Waals surface area contributed by atoms with Crippen LogP contribution < -0.4 is 10.1 Å². The van der Waals surface area contributed by atoms with E-state index in [0.29, 0.717) is 13.2 Å². The van der Waals surface area contributed by atoms with E-state index in [0.717, 1.165) is 38.1 Å². The van der Waals surface area contributed by atoms with Gasteiger partial charge in [0, 0.05) is 13.2 Å². The van der Waals surface area contributed by atoms with E-state index in [1.54, 1.807) is 0 Å². The van der Waals surface area contributed by atoms with Crippen molar-refractivity contribution in [3.63, 3.8) is 0 Å². The van der Waals surface area contributed by atoms with Crippen LogP contribution >= 0.6 is 12.4 Å². The second-order valence-electron chi connectivity index (χ2n) is 5.38. The molecule has 0 spiro atoms. The van der Waals surface area contributed by atoms with E-state index in [1.807, 2.05) is 30.3 Å². The SMILES string of the molecule is Cl.OCCCCCNCc1cccc(OCc2ccccc2)c1. The van der Waals surface area contributed by atoms with Crippen LogP contribution in [0.25, 0.3) is 0 Å². The van der Waals surface area contributed by atoms with Crippen molar-refractivity contribution in [2.75, 3.05) is 13.2 Å². The highest BCUT2D eigenvalue weighted by molar-refractivity contribution is 5.85. The number of halogens is 1. The molecule has 126 valence electrons. The molecule has 2 N–H and O–H groups in total. The van der Waals surface area contributed by atoms with Gasteiger partial charge in [0.15, 0.2) is 0 Å². The van der Waals surface area contributed by atoms with Gasteiger partial charge in [0.2, 0.25) is 0 Å². The highest BCUT2D eigenvalue weighted by Crippen LogP contribution is 2.15. The molecular formula is C19H26ClNO2. The van der Waals surface area contributed by atoms with Gasteiger partial charge in [-0.2, -0.15) is 0 Å². The molecule has 3 nitrogen and oxygen atoms in total. The van der Waals surface area contributed by atoms with Crippen LogP contribution in [0, 0.1) is 0 Å². The molecule has 23 heavy (non-hydrogen) atoms. The Labute approximate surface area is 145 Å². The second-order valence-corrected chi connectivity index (χ2v) is 5.38. The third kappa shape index (κ3) is 8.03. The summed E-state index contributed by atoms with van der Waals surface area (Å²) in [5.41, 5.74) is 2.41. The molecule has 0 saturated heterocycles. The zero-order chi connectivity index (χ0) is 15.5. The average Bonchev–Trinajstić information content (AvgIpc) is 2.57. The summed E-state index contributed by atoms with van der Waals surface area (Å²) < 4.78 is 5.84. The molecule has 2 rings (SSSR count). The Morgan fingerprint density at radius 1 is 0.870 bits per heavy atom. The number of aliphatic hydroxyl groups is 1. The molecule has 0 radical (unpaired) electrons. The lowest BCUT2D eigenvalue weighted by atomic mass is 10.2. The summed E-state index contributed by atoms with van der Waals surface area (Å²) in [5.74, 6) is 0.906. The zero-order valence-electron chi connectivity index (χ0n) is 13.4. The predicted molar refractivity (Wildman–Crippen MR) is 97.1 cm³/mol. The van der Waals surface area contributed by atoms with Crippen LogP contribution in [0.5, 0.6) is 5.75 Å². The van der Waals surface area contributed by atoms with Crippen molar-refractivity contribution in [3.8, 4) is 5.75 Å². The summed E-state index contributed by atoms with van der Waals surface area (Å²) in [6.07, 6.45) is 3.07. The Balaban J connectivity index is 0.00000264. The minimum Gasteiger partial charge on any atom is -0.489 e. The van der Waals surface area contributed by atoms with Gasteiger partial charge in [-0.25, -0.2) is 0 Å². The van der Waals surface area contributed by atoms with Crippen molar-refractivity contribution in [1.82, 2.24) is 5.32 Å². The van der Waals surface area contributed by atoms with Gasteiger partial charge in [-0.1, -0.05) is 42.5 Å². The normalized spacial score (nSPS) is 10.1. The average molecular weight is 336 g/mol. The zero-order valence-corrected chi connectivity index (χ0v) is 14.2. The van der Waals surface area contributed by atoms with Gasteiger partial charge >= 0.3 is 0 Å². The quantitative estimate of drug-likeness (QED) is 0.646. The molecule has 0 amide bonds. The first-order valence-electron chi connectivity index (χ1n) is 7.96. The van der Waals surface area contributed by atoms with Gasteiger partial charge in [0.1, 0.15) is 12.4 Å². The summed E-state index contributed by atoms with van der Waals surface area (Å²) in [6, 6.07) is 18.4. The first kappa shape index (κ1) is 19.5. The van der Waals surface area contributed by atoms with Crippen molar-refractivity contribution < 1.29 is 9.84 Å². The first-order chi connectivity index (χ1) is 10.9. The predicted octanol–water partition coefficient (Wildman–Crippen LogP) is 3.94. The number of rotatable bonds is 10. The molecule has 0 unspecified atom stereocenters. The monoisotopic (exact) mass is 335 g/mol. The fraction of sp³-hybridized carbons (Fsp3) is 0.368. The van der Waals surface area contributed by atoms with Crippen LogP contribution in [0.1, 0.15) is 30.4 Å². The fourth-order valence-electron chi connectivity index (χ4n) is 2.26. The molecule has 2 aromatic carbocycles. The van der Waals surface area contributed by atoms with Gasteiger partial charge in [-0.3, -0.25) is 0 Å². The molecule has 0 bridgehead atoms. The molecule has 0 aliphatic rings. The van der Waals surface area contributed by atoms with Crippen LogP contribution in [0.15, 0.2) is 54.6 Å². The summed E-state index contributed by atoms with van der Waals surface area (Å²) in [6.45, 7) is 2.72. The molecular weight excluding hydrogens is 310 g/mol. The summed E-state index contributed by atoms with van der Waals surface area (Å²) in [7, 11) is 0. The minimum absolute atomic E-state index is 0. The molecule has 0 aromatic heterocycles. The summed E-state index contributed by atoms with van der Waals surface area (Å²) in [5, 5.41) is 12.2. The van der Waals surface area contributed by atoms with Gasteiger partial charge in [-0.15, -0.1) is 12.4 Å². The van der Waals surface area contributed by atoms with Crippen molar-refractivity contribution >= 4 is 12.4 Å². The molecule has 0 fully saturated rings. The number of hydrogen-bond donors (Lipinski definition) is 2. The van der Waals surface area contributed by atoms with E-state index in [-0.39, 0.29) is 12.4 Å². The van der Waals surface area contributed by atoms with Crippen LogP contribution in [-0.2, 0) is 13.2 Å². The van der Waals surface area contributed by atoms with Gasteiger partial charge in [0.05, 0.1) is 0 Å². The molecule has 0 saturated carbocycles. The van der Waals surface area contributed by atoms with E-state index < -0.39 is 0 Å². The lowest BCUT2D eigenvalue weighted by Crippen LogP contribution is -2.14. The number of benzene rings is 2. The maximum atomic E-state index is 8.73. The van der Waals surface area contributed by atoms with Crippen molar-refractivity contribution in [2.24, 2.45) is 0 Å². The first-order valence-corrected chi connectivity index (χ1v) is 7.96. The largest absolute Gasteiger partial charge is 0.489 e. The Hall–Kier alpha value is -1.55. The third-order valence-corrected chi connectivity index (χ3v) is 3.49. The van der Waals surface area contributed by atoms with E-state index >= 15 is 0 Å². The van der Waals surface area contributed by atoms with Gasteiger partial charge in [-0.05, 0) is 49.1 Å². The minimum atomic E-state index is 0. The maximum Gasteiger partial charge on any atom is 0.120 e. The van der Waals surface area contributed by atoms with E-state index in [9.17, 15) is 0 Å². The molecule has 0 aliphatic carbocycles. The second kappa shape index (κ2) is 11.9. The highest BCUT2D eigenvalue weighted by atomic mass is 35.5. The van der Waals surface area contributed by atoms with E-state index in [2.05, 4.69) is 29.6 Å².